The van der Waals surface area contributed by atoms with Crippen LogP contribution in [-0.2, 0) is 16.0 Å². The Hall–Kier alpha value is -2.25. The fourth-order valence-corrected chi connectivity index (χ4v) is 2.90. The van der Waals surface area contributed by atoms with Crippen LogP contribution in [0.3, 0.4) is 0 Å². The molecule has 0 radical (unpaired) electrons. The highest BCUT2D eigenvalue weighted by molar-refractivity contribution is 5.89. The summed E-state index contributed by atoms with van der Waals surface area (Å²) in [5.74, 6) is 0.700. The van der Waals surface area contributed by atoms with Gasteiger partial charge in [-0.15, -0.1) is 0 Å². The summed E-state index contributed by atoms with van der Waals surface area (Å²) in [6.07, 6.45) is 3.77. The molecule has 134 valence electrons. The molecule has 0 spiro atoms. The van der Waals surface area contributed by atoms with Crippen LogP contribution in [0.5, 0.6) is 0 Å². The number of hydrogen-bond donors (Lipinski definition) is 0. The van der Waals surface area contributed by atoms with Gasteiger partial charge in [0, 0.05) is 18.7 Å². The topological polar surface area (TPSA) is 77.7 Å². The van der Waals surface area contributed by atoms with Crippen molar-refractivity contribution in [2.75, 3.05) is 27.3 Å². The van der Waals surface area contributed by atoms with E-state index in [-0.39, 0.29) is 12.1 Å². The Balaban J connectivity index is 1.58. The smallest absolute Gasteiger partial charge is 0.337 e. The van der Waals surface area contributed by atoms with E-state index in [4.69, 9.17) is 9.26 Å². The second kappa shape index (κ2) is 8.22. The van der Waals surface area contributed by atoms with Gasteiger partial charge in [-0.2, -0.15) is 4.98 Å². The van der Waals surface area contributed by atoms with E-state index in [2.05, 4.69) is 19.8 Å². The molecule has 7 nitrogen and oxygen atoms in total. The second-order valence-electron chi connectivity index (χ2n) is 6.27. The van der Waals surface area contributed by atoms with E-state index in [1.165, 1.54) is 13.5 Å². The van der Waals surface area contributed by atoms with E-state index in [1.807, 2.05) is 7.05 Å². The maximum absolute atomic E-state index is 11.5. The van der Waals surface area contributed by atoms with Gasteiger partial charge in [0.2, 0.25) is 11.7 Å². The first-order valence-electron chi connectivity index (χ1n) is 8.47. The third-order valence-corrected chi connectivity index (χ3v) is 4.23. The quantitative estimate of drug-likeness (QED) is 0.744. The number of hydrogen-bond acceptors (Lipinski definition) is 7. The summed E-state index contributed by atoms with van der Waals surface area (Å²) in [4.78, 5) is 18.0. The lowest BCUT2D eigenvalue weighted by atomic mass is 10.1. The molecular formula is C18H23N3O4. The van der Waals surface area contributed by atoms with Crippen LogP contribution < -0.4 is 0 Å². The Labute approximate surface area is 146 Å². The number of likely N-dealkylation sites (N-methyl/N-ethyl adjacent to an activating group) is 1. The molecular weight excluding hydrogens is 322 g/mol. The highest BCUT2D eigenvalue weighted by atomic mass is 16.5. The zero-order valence-corrected chi connectivity index (χ0v) is 14.6. The van der Waals surface area contributed by atoms with Crippen molar-refractivity contribution in [2.45, 2.75) is 31.9 Å². The molecule has 2 heterocycles. The Bertz CT molecular complexity index is 693. The van der Waals surface area contributed by atoms with Crippen LogP contribution >= 0.6 is 0 Å². The number of methoxy groups -OCH3 is 1. The van der Waals surface area contributed by atoms with Crippen molar-refractivity contribution in [1.29, 1.82) is 0 Å². The molecule has 0 amide bonds. The van der Waals surface area contributed by atoms with Crippen LogP contribution in [-0.4, -0.2) is 54.4 Å². The van der Waals surface area contributed by atoms with Gasteiger partial charge in [-0.3, -0.25) is 4.90 Å². The number of nitrogens with zero attached hydrogens (tertiary/aromatic N) is 3. The number of aromatic nitrogens is 2. The number of carbonyl (C=O) groups excluding carboxylic acids is 1. The summed E-state index contributed by atoms with van der Waals surface area (Å²) in [7, 11) is 3.38. The van der Waals surface area contributed by atoms with Gasteiger partial charge in [0.05, 0.1) is 25.3 Å². The minimum Gasteiger partial charge on any atom is -0.465 e. The summed E-state index contributed by atoms with van der Waals surface area (Å²) < 4.78 is 15.8. The monoisotopic (exact) mass is 345 g/mol. The molecule has 7 heteroatoms. The van der Waals surface area contributed by atoms with Crippen LogP contribution in [0.2, 0.25) is 0 Å². The Morgan fingerprint density at radius 2 is 2.12 bits per heavy atom. The summed E-state index contributed by atoms with van der Waals surface area (Å²) in [5.41, 5.74) is 1.28. The van der Waals surface area contributed by atoms with E-state index in [1.54, 1.807) is 24.3 Å². The minimum absolute atomic E-state index is 0.284. The first kappa shape index (κ1) is 17.6. The highest BCUT2D eigenvalue weighted by Gasteiger charge is 2.18. The predicted octanol–water partition coefficient (Wildman–Crippen LogP) is 2.52. The van der Waals surface area contributed by atoms with Crippen molar-refractivity contribution in [2.24, 2.45) is 0 Å². The van der Waals surface area contributed by atoms with Gasteiger partial charge >= 0.3 is 5.97 Å². The molecule has 1 saturated heterocycles. The summed E-state index contributed by atoms with van der Waals surface area (Å²) >= 11 is 0. The fourth-order valence-electron chi connectivity index (χ4n) is 2.90. The highest BCUT2D eigenvalue weighted by Crippen LogP contribution is 2.18. The lowest BCUT2D eigenvalue weighted by Gasteiger charge is -2.26. The van der Waals surface area contributed by atoms with Crippen molar-refractivity contribution in [1.82, 2.24) is 15.0 Å². The van der Waals surface area contributed by atoms with Gasteiger partial charge in [0.15, 0.2) is 0 Å². The maximum atomic E-state index is 11.5. The van der Waals surface area contributed by atoms with Crippen LogP contribution in [0.25, 0.3) is 11.4 Å². The Kier molecular flexibility index (Phi) is 5.78. The normalized spacial score (nSPS) is 17.6. The molecule has 1 atom stereocenters. The summed E-state index contributed by atoms with van der Waals surface area (Å²) in [6.45, 7) is 2.28. The van der Waals surface area contributed by atoms with Gasteiger partial charge in [-0.1, -0.05) is 17.3 Å². The molecule has 1 aromatic carbocycles. The van der Waals surface area contributed by atoms with Gasteiger partial charge < -0.3 is 14.0 Å². The zero-order chi connectivity index (χ0) is 17.6. The average Bonchev–Trinajstić information content (AvgIpc) is 3.10. The number of benzene rings is 1. The van der Waals surface area contributed by atoms with Crippen LogP contribution in [0.1, 0.15) is 35.5 Å². The Morgan fingerprint density at radius 1 is 1.32 bits per heavy atom. The third-order valence-electron chi connectivity index (χ3n) is 4.23. The maximum Gasteiger partial charge on any atom is 0.337 e. The first-order chi connectivity index (χ1) is 12.2. The van der Waals surface area contributed by atoms with Crippen molar-refractivity contribution in [3.63, 3.8) is 0 Å². The van der Waals surface area contributed by atoms with E-state index in [0.29, 0.717) is 23.8 Å². The first-order valence-corrected chi connectivity index (χ1v) is 8.47. The molecule has 0 N–H and O–H groups in total. The standard InChI is InChI=1S/C18H23N3O4/c1-21(11-15-5-3-4-10-24-15)12-16-19-17(20-25-16)13-6-8-14(9-7-13)18(22)23-2/h6-9,15H,3-5,10-12H2,1-2H3/t15-/m0/s1. The molecule has 25 heavy (non-hydrogen) atoms. The lowest BCUT2D eigenvalue weighted by molar-refractivity contribution is -0.00382. The average molecular weight is 345 g/mol. The summed E-state index contributed by atoms with van der Waals surface area (Å²) in [5, 5.41) is 4.02. The van der Waals surface area contributed by atoms with Crippen LogP contribution in [0, 0.1) is 0 Å². The van der Waals surface area contributed by atoms with E-state index < -0.39 is 0 Å². The number of rotatable bonds is 6. The zero-order valence-electron chi connectivity index (χ0n) is 14.6. The second-order valence-corrected chi connectivity index (χ2v) is 6.27. The number of ether oxygens (including phenoxy) is 2. The third kappa shape index (κ3) is 4.64. The number of carbonyl (C=O) groups is 1. The van der Waals surface area contributed by atoms with E-state index in [0.717, 1.165) is 31.6 Å². The molecule has 0 bridgehead atoms. The summed E-state index contributed by atoms with van der Waals surface area (Å²) in [6, 6.07) is 6.93. The molecule has 1 aromatic heterocycles. The molecule has 1 fully saturated rings. The van der Waals surface area contributed by atoms with Crippen molar-refractivity contribution < 1.29 is 18.8 Å². The van der Waals surface area contributed by atoms with Crippen molar-refractivity contribution in [3.05, 3.63) is 35.7 Å². The molecule has 1 aliphatic heterocycles. The van der Waals surface area contributed by atoms with Gasteiger partial charge in [-0.25, -0.2) is 4.79 Å². The van der Waals surface area contributed by atoms with Gasteiger partial charge in [0.1, 0.15) is 0 Å². The molecule has 3 rings (SSSR count). The lowest BCUT2D eigenvalue weighted by Crippen LogP contribution is -2.33. The SMILES string of the molecule is COC(=O)c1ccc(-c2noc(CN(C)C[C@@H]3CCCCO3)n2)cc1. The van der Waals surface area contributed by atoms with E-state index >= 15 is 0 Å². The van der Waals surface area contributed by atoms with E-state index in [9.17, 15) is 4.79 Å². The van der Waals surface area contributed by atoms with Gasteiger partial charge in [0.25, 0.3) is 0 Å². The Morgan fingerprint density at radius 3 is 2.80 bits per heavy atom. The largest absolute Gasteiger partial charge is 0.465 e. The predicted molar refractivity (Wildman–Crippen MR) is 91.0 cm³/mol. The molecule has 0 saturated carbocycles. The molecule has 0 aliphatic carbocycles. The fraction of sp³-hybridized carbons (Fsp3) is 0.500. The molecule has 2 aromatic rings. The molecule has 1 aliphatic rings. The minimum atomic E-state index is -0.369. The van der Waals surface area contributed by atoms with Crippen LogP contribution in [0.15, 0.2) is 28.8 Å². The van der Waals surface area contributed by atoms with Gasteiger partial charge in [-0.05, 0) is 38.4 Å². The van der Waals surface area contributed by atoms with Crippen LogP contribution in [0.4, 0.5) is 0 Å². The van der Waals surface area contributed by atoms with Crippen molar-refractivity contribution >= 4 is 5.97 Å². The molecule has 0 unspecified atom stereocenters. The van der Waals surface area contributed by atoms with Crippen molar-refractivity contribution in [3.8, 4) is 11.4 Å². The number of esters is 1.